The van der Waals surface area contributed by atoms with E-state index in [-0.39, 0.29) is 37.2 Å². The highest BCUT2D eigenvalue weighted by Crippen LogP contribution is 2.21. The number of rotatable bonds is 13. The fourth-order valence-corrected chi connectivity index (χ4v) is 3.68. The molecule has 0 aromatic heterocycles. The molecule has 0 radical (unpaired) electrons. The van der Waals surface area contributed by atoms with Gasteiger partial charge in [-0.1, -0.05) is 57.2 Å². The third-order valence-corrected chi connectivity index (χ3v) is 5.76. The molecule has 0 aliphatic carbocycles. The van der Waals surface area contributed by atoms with Gasteiger partial charge in [-0.15, -0.1) is 0 Å². The molecular formula is C28H37NO6. The van der Waals surface area contributed by atoms with Gasteiger partial charge in [-0.3, -0.25) is 0 Å². The Bertz CT molecular complexity index is 1020. The van der Waals surface area contributed by atoms with Crippen molar-refractivity contribution >= 4 is 28.8 Å². The van der Waals surface area contributed by atoms with Gasteiger partial charge in [-0.2, -0.15) is 0 Å². The first-order chi connectivity index (χ1) is 16.7. The zero-order chi connectivity index (χ0) is 25.8. The van der Waals surface area contributed by atoms with Crippen molar-refractivity contribution < 1.29 is 28.6 Å². The molecule has 0 bridgehead atoms. The molecular weight excluding hydrogens is 446 g/mol. The molecule has 0 fully saturated rings. The summed E-state index contributed by atoms with van der Waals surface area (Å²) in [5.41, 5.74) is 1.72. The number of nitrogens with one attached hydrogen (secondary N) is 1. The minimum atomic E-state index is -0.552. The van der Waals surface area contributed by atoms with Crippen molar-refractivity contribution in [1.29, 1.82) is 0 Å². The van der Waals surface area contributed by atoms with E-state index in [0.29, 0.717) is 24.8 Å². The highest BCUT2D eigenvalue weighted by atomic mass is 16.6. The van der Waals surface area contributed by atoms with Crippen molar-refractivity contribution in [3.8, 4) is 0 Å². The molecule has 1 amide bonds. The number of hydrogen-bond acceptors (Lipinski definition) is 6. The van der Waals surface area contributed by atoms with Crippen LogP contribution in [0.4, 0.5) is 4.79 Å². The van der Waals surface area contributed by atoms with Gasteiger partial charge in [-0.05, 0) is 61.4 Å². The van der Waals surface area contributed by atoms with Crippen molar-refractivity contribution in [2.24, 2.45) is 5.92 Å². The lowest BCUT2D eigenvalue weighted by Gasteiger charge is -2.23. The molecule has 190 valence electrons. The molecule has 0 aliphatic heterocycles. The lowest BCUT2D eigenvalue weighted by Crippen LogP contribution is -2.33. The van der Waals surface area contributed by atoms with Crippen molar-refractivity contribution in [2.45, 2.75) is 65.6 Å². The smallest absolute Gasteiger partial charge is 0.407 e. The lowest BCUT2D eigenvalue weighted by atomic mass is 9.99. The Morgan fingerprint density at radius 3 is 2.43 bits per heavy atom. The summed E-state index contributed by atoms with van der Waals surface area (Å²) in [6.07, 6.45) is 2.81. The van der Waals surface area contributed by atoms with Crippen LogP contribution >= 0.6 is 0 Å². The SMILES string of the molecule is C=CC(=O)OCCNC(=O)OC(CCCC(CC)OC(=O)c1ccc2cc(C)ccc2c1)C(C)C. The summed E-state index contributed by atoms with van der Waals surface area (Å²) >= 11 is 0. The number of fused-ring (bicyclic) bond motifs is 1. The molecule has 0 heterocycles. The van der Waals surface area contributed by atoms with Crippen molar-refractivity contribution in [1.82, 2.24) is 5.32 Å². The molecule has 2 aromatic rings. The molecule has 0 spiro atoms. The maximum atomic E-state index is 12.7. The van der Waals surface area contributed by atoms with Crippen LogP contribution < -0.4 is 5.32 Å². The van der Waals surface area contributed by atoms with Crippen molar-refractivity contribution in [3.63, 3.8) is 0 Å². The van der Waals surface area contributed by atoms with Crippen LogP contribution in [0, 0.1) is 12.8 Å². The number of alkyl carbamates (subject to hydrolysis) is 1. The predicted octanol–water partition coefficient (Wildman–Crippen LogP) is 5.73. The van der Waals surface area contributed by atoms with Crippen LogP contribution in [-0.4, -0.2) is 43.4 Å². The van der Waals surface area contributed by atoms with Crippen molar-refractivity contribution in [2.75, 3.05) is 13.2 Å². The summed E-state index contributed by atoms with van der Waals surface area (Å²) in [6.45, 7) is 11.5. The van der Waals surface area contributed by atoms with Gasteiger partial charge in [0.15, 0.2) is 0 Å². The zero-order valence-corrected chi connectivity index (χ0v) is 21.2. The van der Waals surface area contributed by atoms with Crippen LogP contribution in [0.25, 0.3) is 10.8 Å². The summed E-state index contributed by atoms with van der Waals surface area (Å²) < 4.78 is 16.1. The monoisotopic (exact) mass is 483 g/mol. The number of amides is 1. The number of benzene rings is 2. The van der Waals surface area contributed by atoms with Gasteiger partial charge in [0.05, 0.1) is 12.1 Å². The summed E-state index contributed by atoms with van der Waals surface area (Å²) in [7, 11) is 0. The second-order valence-electron chi connectivity index (χ2n) is 8.92. The van der Waals surface area contributed by atoms with Crippen LogP contribution in [-0.2, 0) is 19.0 Å². The quantitative estimate of drug-likeness (QED) is 0.169. The Morgan fingerprint density at radius 1 is 1.03 bits per heavy atom. The van der Waals surface area contributed by atoms with E-state index < -0.39 is 12.1 Å². The first kappa shape index (κ1) is 27.9. The molecule has 7 heteroatoms. The van der Waals surface area contributed by atoms with Gasteiger partial charge in [0, 0.05) is 6.08 Å². The van der Waals surface area contributed by atoms with E-state index >= 15 is 0 Å². The first-order valence-corrected chi connectivity index (χ1v) is 12.2. The third-order valence-electron chi connectivity index (χ3n) is 5.76. The van der Waals surface area contributed by atoms with E-state index in [9.17, 15) is 14.4 Å². The van der Waals surface area contributed by atoms with Crippen molar-refractivity contribution in [3.05, 3.63) is 60.2 Å². The molecule has 0 saturated heterocycles. The van der Waals surface area contributed by atoms with Crippen LogP contribution in [0.15, 0.2) is 49.1 Å². The topological polar surface area (TPSA) is 90.9 Å². The Morgan fingerprint density at radius 2 is 1.74 bits per heavy atom. The van der Waals surface area contributed by atoms with Gasteiger partial charge < -0.3 is 19.5 Å². The number of aryl methyl sites for hydroxylation is 1. The van der Waals surface area contributed by atoms with E-state index in [4.69, 9.17) is 14.2 Å². The van der Waals surface area contributed by atoms with Gasteiger partial charge >= 0.3 is 18.0 Å². The molecule has 2 aromatic carbocycles. The normalized spacial score (nSPS) is 12.6. The lowest BCUT2D eigenvalue weighted by molar-refractivity contribution is -0.137. The molecule has 2 atom stereocenters. The molecule has 2 rings (SSSR count). The Hall–Kier alpha value is -3.35. The molecule has 1 N–H and O–H groups in total. The highest BCUT2D eigenvalue weighted by Gasteiger charge is 2.20. The minimum absolute atomic E-state index is 0.0483. The summed E-state index contributed by atoms with van der Waals surface area (Å²) in [4.78, 5) is 35.8. The molecule has 0 aliphatic rings. The van der Waals surface area contributed by atoms with Gasteiger partial charge in [-0.25, -0.2) is 14.4 Å². The zero-order valence-electron chi connectivity index (χ0n) is 21.2. The van der Waals surface area contributed by atoms with E-state index in [2.05, 4.69) is 18.0 Å². The van der Waals surface area contributed by atoms with E-state index in [1.54, 1.807) is 6.07 Å². The average Bonchev–Trinajstić information content (AvgIpc) is 2.84. The van der Waals surface area contributed by atoms with Gasteiger partial charge in [0.2, 0.25) is 0 Å². The number of hydrogen-bond donors (Lipinski definition) is 1. The molecule has 2 unspecified atom stereocenters. The third kappa shape index (κ3) is 9.43. The fourth-order valence-electron chi connectivity index (χ4n) is 3.68. The predicted molar refractivity (Wildman–Crippen MR) is 136 cm³/mol. The standard InChI is InChI=1S/C28H37NO6/c1-6-24(34-27(31)23-14-13-21-17-20(5)11-12-22(21)18-23)9-8-10-25(19(3)4)35-28(32)29-15-16-33-26(30)7-2/h7,11-14,17-19,24-25H,2,6,8-10,15-16H2,1,3-5H3,(H,29,32). The first-order valence-electron chi connectivity index (χ1n) is 12.2. The Balaban J connectivity index is 1.81. The van der Waals surface area contributed by atoms with Crippen LogP contribution in [0.2, 0.25) is 0 Å². The number of carbonyl (C=O) groups is 3. The number of ether oxygens (including phenoxy) is 3. The largest absolute Gasteiger partial charge is 0.461 e. The average molecular weight is 484 g/mol. The highest BCUT2D eigenvalue weighted by molar-refractivity contribution is 5.95. The van der Waals surface area contributed by atoms with Crippen LogP contribution in [0.3, 0.4) is 0 Å². The Kier molecular flexibility index (Phi) is 11.3. The van der Waals surface area contributed by atoms with E-state index in [0.717, 1.165) is 23.3 Å². The van der Waals surface area contributed by atoms with Gasteiger partial charge in [0.1, 0.15) is 18.8 Å². The molecule has 7 nitrogen and oxygen atoms in total. The molecule has 35 heavy (non-hydrogen) atoms. The number of carbonyl (C=O) groups excluding carboxylic acids is 3. The minimum Gasteiger partial charge on any atom is -0.461 e. The second-order valence-corrected chi connectivity index (χ2v) is 8.92. The summed E-state index contributed by atoms with van der Waals surface area (Å²) in [5.74, 6) is -0.738. The summed E-state index contributed by atoms with van der Waals surface area (Å²) in [5, 5.41) is 4.68. The second kappa shape index (κ2) is 14.1. The van der Waals surface area contributed by atoms with Crippen LogP contribution in [0.5, 0.6) is 0 Å². The van der Waals surface area contributed by atoms with E-state index in [1.165, 1.54) is 5.56 Å². The summed E-state index contributed by atoms with van der Waals surface area (Å²) in [6, 6.07) is 11.7. The maximum absolute atomic E-state index is 12.7. The van der Waals surface area contributed by atoms with E-state index in [1.807, 2.05) is 52.0 Å². The van der Waals surface area contributed by atoms with Gasteiger partial charge in [0.25, 0.3) is 0 Å². The molecule has 0 saturated carbocycles. The van der Waals surface area contributed by atoms with Crippen LogP contribution in [0.1, 0.15) is 62.4 Å². The maximum Gasteiger partial charge on any atom is 0.407 e. The number of esters is 2. The fraction of sp³-hybridized carbons (Fsp3) is 0.464. The Labute approximate surface area is 207 Å².